The number of carbonyl (C=O) groups excluding carboxylic acids is 2. The van der Waals surface area contributed by atoms with Crippen molar-refractivity contribution in [2.24, 2.45) is 0 Å². The molecule has 0 spiro atoms. The molecule has 4 rings (SSSR count). The van der Waals surface area contributed by atoms with Gasteiger partial charge in [0.25, 0.3) is 15.9 Å². The van der Waals surface area contributed by atoms with Gasteiger partial charge in [0.15, 0.2) is 0 Å². The minimum Gasteiger partial charge on any atom is -0.465 e. The van der Waals surface area contributed by atoms with Crippen molar-refractivity contribution in [3.05, 3.63) is 89.0 Å². The SMILES string of the molecule is COC(=O)c1ccc(NC(=O)c2ccc3c(c2)C[C@H](C)N3S(=O)(=O)c2ccc(C)cc2)cc1. The predicted molar refractivity (Wildman–Crippen MR) is 126 cm³/mol. The molecule has 7 nitrogen and oxygen atoms in total. The second-order valence-corrected chi connectivity index (χ2v) is 9.85. The van der Waals surface area contributed by atoms with E-state index in [4.69, 9.17) is 0 Å². The number of hydrogen-bond donors (Lipinski definition) is 1. The number of methoxy groups -OCH3 is 1. The Labute approximate surface area is 193 Å². The molecule has 0 saturated carbocycles. The lowest BCUT2D eigenvalue weighted by atomic mass is 10.1. The van der Waals surface area contributed by atoms with E-state index in [9.17, 15) is 18.0 Å². The van der Waals surface area contributed by atoms with Crippen molar-refractivity contribution < 1.29 is 22.7 Å². The molecule has 1 aliphatic heterocycles. The van der Waals surface area contributed by atoms with E-state index < -0.39 is 16.0 Å². The van der Waals surface area contributed by atoms with Crippen molar-refractivity contribution in [1.82, 2.24) is 0 Å². The lowest BCUT2D eigenvalue weighted by Crippen LogP contribution is -2.35. The number of sulfonamides is 1. The topological polar surface area (TPSA) is 92.8 Å². The van der Waals surface area contributed by atoms with Gasteiger partial charge in [-0.2, -0.15) is 0 Å². The Hall–Kier alpha value is -3.65. The first-order valence-electron chi connectivity index (χ1n) is 10.4. The highest BCUT2D eigenvalue weighted by molar-refractivity contribution is 7.92. The van der Waals surface area contributed by atoms with Gasteiger partial charge in [0.05, 0.1) is 23.3 Å². The van der Waals surface area contributed by atoms with Crippen molar-refractivity contribution in [2.45, 2.75) is 31.2 Å². The van der Waals surface area contributed by atoms with Crippen molar-refractivity contribution in [1.29, 1.82) is 0 Å². The Morgan fingerprint density at radius 1 is 0.970 bits per heavy atom. The largest absolute Gasteiger partial charge is 0.465 e. The normalized spacial score (nSPS) is 15.1. The Morgan fingerprint density at radius 2 is 1.61 bits per heavy atom. The van der Waals surface area contributed by atoms with E-state index in [1.165, 1.54) is 11.4 Å². The van der Waals surface area contributed by atoms with Crippen LogP contribution in [0.2, 0.25) is 0 Å². The van der Waals surface area contributed by atoms with Gasteiger partial charge in [0.2, 0.25) is 0 Å². The van der Waals surface area contributed by atoms with E-state index >= 15 is 0 Å². The lowest BCUT2D eigenvalue weighted by Gasteiger charge is -2.24. The molecule has 3 aromatic rings. The van der Waals surface area contributed by atoms with Crippen LogP contribution >= 0.6 is 0 Å². The molecule has 1 atom stereocenters. The standard InChI is InChI=1S/C25H24N2O5S/c1-16-4-11-22(12-5-16)33(30,31)27-17(2)14-20-15-19(8-13-23(20)27)24(28)26-21-9-6-18(7-10-21)25(29)32-3/h4-13,15,17H,14H2,1-3H3,(H,26,28)/t17-/m0/s1. The molecule has 0 radical (unpaired) electrons. The summed E-state index contributed by atoms with van der Waals surface area (Å²) in [4.78, 5) is 24.6. The number of nitrogens with zero attached hydrogens (tertiary/aromatic N) is 1. The first-order valence-corrected chi connectivity index (χ1v) is 11.9. The molecule has 0 unspecified atom stereocenters. The fourth-order valence-corrected chi connectivity index (χ4v) is 5.64. The van der Waals surface area contributed by atoms with Gasteiger partial charge in [-0.1, -0.05) is 17.7 Å². The summed E-state index contributed by atoms with van der Waals surface area (Å²) in [6, 6.07) is 17.9. The molecule has 0 saturated heterocycles. The quantitative estimate of drug-likeness (QED) is 0.572. The van der Waals surface area contributed by atoms with Crippen LogP contribution < -0.4 is 9.62 Å². The molecular formula is C25H24N2O5S. The molecule has 0 bridgehead atoms. The molecule has 0 aliphatic carbocycles. The summed E-state index contributed by atoms with van der Waals surface area (Å²) in [6.45, 7) is 3.76. The van der Waals surface area contributed by atoms with E-state index in [-0.39, 0.29) is 16.8 Å². The highest BCUT2D eigenvalue weighted by Gasteiger charge is 2.36. The van der Waals surface area contributed by atoms with Crippen molar-refractivity contribution in [2.75, 3.05) is 16.7 Å². The maximum atomic E-state index is 13.3. The van der Waals surface area contributed by atoms with E-state index in [0.29, 0.717) is 28.9 Å². The molecule has 170 valence electrons. The number of hydrogen-bond acceptors (Lipinski definition) is 5. The number of carbonyl (C=O) groups is 2. The molecule has 0 fully saturated rings. The molecule has 33 heavy (non-hydrogen) atoms. The maximum absolute atomic E-state index is 13.3. The van der Waals surface area contributed by atoms with Crippen LogP contribution in [0.25, 0.3) is 0 Å². The molecular weight excluding hydrogens is 440 g/mol. The van der Waals surface area contributed by atoms with Gasteiger partial charge in [-0.05, 0) is 80.4 Å². The molecule has 1 amide bonds. The van der Waals surface area contributed by atoms with Gasteiger partial charge in [-0.25, -0.2) is 13.2 Å². The smallest absolute Gasteiger partial charge is 0.337 e. The third kappa shape index (κ3) is 4.34. The molecule has 0 aromatic heterocycles. The fourth-order valence-electron chi connectivity index (χ4n) is 3.94. The van der Waals surface area contributed by atoms with Crippen molar-refractivity contribution in [3.63, 3.8) is 0 Å². The Morgan fingerprint density at radius 3 is 2.24 bits per heavy atom. The Bertz CT molecular complexity index is 1320. The summed E-state index contributed by atoms with van der Waals surface area (Å²) in [5, 5.41) is 2.79. The molecule has 1 heterocycles. The van der Waals surface area contributed by atoms with Crippen LogP contribution in [-0.4, -0.2) is 33.4 Å². The van der Waals surface area contributed by atoms with Gasteiger partial charge in [0, 0.05) is 17.3 Å². The van der Waals surface area contributed by atoms with Crippen molar-refractivity contribution in [3.8, 4) is 0 Å². The second kappa shape index (κ2) is 8.71. The van der Waals surface area contributed by atoms with Crippen molar-refractivity contribution >= 4 is 33.3 Å². The van der Waals surface area contributed by atoms with Crippen LogP contribution in [0, 0.1) is 6.92 Å². The van der Waals surface area contributed by atoms with E-state index in [1.807, 2.05) is 13.8 Å². The minimum atomic E-state index is -3.72. The Kier molecular flexibility index (Phi) is 5.95. The average Bonchev–Trinajstić information content (AvgIpc) is 3.14. The number of esters is 1. The van der Waals surface area contributed by atoms with Gasteiger partial charge < -0.3 is 10.1 Å². The van der Waals surface area contributed by atoms with Gasteiger partial charge in [-0.15, -0.1) is 0 Å². The van der Waals surface area contributed by atoms with E-state index in [1.54, 1.807) is 66.7 Å². The summed E-state index contributed by atoms with van der Waals surface area (Å²) in [6.07, 6.45) is 0.509. The number of aryl methyl sites for hydroxylation is 1. The predicted octanol–water partition coefficient (Wildman–Crippen LogP) is 4.17. The Balaban J connectivity index is 1.56. The molecule has 1 N–H and O–H groups in total. The molecule has 1 aliphatic rings. The zero-order valence-corrected chi connectivity index (χ0v) is 19.3. The average molecular weight is 465 g/mol. The molecule has 3 aromatic carbocycles. The summed E-state index contributed by atoms with van der Waals surface area (Å²) < 4.78 is 32.7. The summed E-state index contributed by atoms with van der Waals surface area (Å²) in [5.41, 5.74) is 3.71. The summed E-state index contributed by atoms with van der Waals surface area (Å²) >= 11 is 0. The van der Waals surface area contributed by atoms with E-state index in [2.05, 4.69) is 10.1 Å². The zero-order chi connectivity index (χ0) is 23.8. The lowest BCUT2D eigenvalue weighted by molar-refractivity contribution is 0.0600. The number of benzene rings is 3. The number of ether oxygens (including phenoxy) is 1. The fraction of sp³-hybridized carbons (Fsp3) is 0.200. The summed E-state index contributed by atoms with van der Waals surface area (Å²) in [5.74, 6) is -0.776. The second-order valence-electron chi connectivity index (χ2n) is 8.03. The van der Waals surface area contributed by atoms with Crippen LogP contribution in [0.3, 0.4) is 0 Å². The van der Waals surface area contributed by atoms with Crippen LogP contribution in [0.1, 0.15) is 38.8 Å². The first kappa shape index (κ1) is 22.5. The number of amides is 1. The highest BCUT2D eigenvalue weighted by Crippen LogP contribution is 2.37. The van der Waals surface area contributed by atoms with Crippen LogP contribution in [0.5, 0.6) is 0 Å². The molecule has 8 heteroatoms. The first-order chi connectivity index (χ1) is 15.7. The maximum Gasteiger partial charge on any atom is 0.337 e. The minimum absolute atomic E-state index is 0.241. The third-order valence-electron chi connectivity index (χ3n) is 5.64. The third-order valence-corrected chi connectivity index (χ3v) is 7.58. The van der Waals surface area contributed by atoms with Gasteiger partial charge in [-0.3, -0.25) is 9.10 Å². The van der Waals surface area contributed by atoms with E-state index in [0.717, 1.165) is 11.1 Å². The number of anilines is 2. The number of fused-ring (bicyclic) bond motifs is 1. The van der Waals surface area contributed by atoms with Crippen LogP contribution in [0.4, 0.5) is 11.4 Å². The number of rotatable bonds is 5. The van der Waals surface area contributed by atoms with Gasteiger partial charge >= 0.3 is 5.97 Å². The zero-order valence-electron chi connectivity index (χ0n) is 18.5. The number of nitrogens with one attached hydrogen (secondary N) is 1. The van der Waals surface area contributed by atoms with Crippen LogP contribution in [-0.2, 0) is 21.2 Å². The van der Waals surface area contributed by atoms with Crippen LogP contribution in [0.15, 0.2) is 71.6 Å². The van der Waals surface area contributed by atoms with Gasteiger partial charge in [0.1, 0.15) is 0 Å². The monoisotopic (exact) mass is 464 g/mol. The summed E-state index contributed by atoms with van der Waals surface area (Å²) in [7, 11) is -2.41. The highest BCUT2D eigenvalue weighted by atomic mass is 32.2.